The van der Waals surface area contributed by atoms with Crippen molar-refractivity contribution in [2.24, 2.45) is 0 Å². The molecule has 4 aromatic rings. The zero-order valence-electron chi connectivity index (χ0n) is 19.8. The van der Waals surface area contributed by atoms with Gasteiger partial charge < -0.3 is 0 Å². The van der Waals surface area contributed by atoms with Crippen molar-refractivity contribution in [2.75, 3.05) is 4.90 Å². The lowest BCUT2D eigenvalue weighted by atomic mass is 10.1. The van der Waals surface area contributed by atoms with E-state index in [1.54, 1.807) is 30.3 Å². The number of benzene rings is 3. The number of nitro benzene ring substituents is 2. The number of carbonyl (C=O) groups excluding carboxylic acids is 2. The van der Waals surface area contributed by atoms with Gasteiger partial charge in [0.1, 0.15) is 5.57 Å². The van der Waals surface area contributed by atoms with Crippen LogP contribution in [0.4, 0.5) is 17.1 Å². The molecule has 1 fully saturated rings. The van der Waals surface area contributed by atoms with E-state index in [-0.39, 0.29) is 32.5 Å². The number of nitrogens with zero attached hydrogens (tertiary/aromatic N) is 4. The molecule has 1 aliphatic heterocycles. The minimum atomic E-state index is -0.710. The Morgan fingerprint density at radius 2 is 1.77 bits per heavy atom. The maximum Gasteiger partial charge on any atom is 0.283 e. The number of carbonyl (C=O) groups is 2. The number of nitro groups is 2. The summed E-state index contributed by atoms with van der Waals surface area (Å²) in [6, 6.07) is 15.6. The van der Waals surface area contributed by atoms with E-state index in [1.807, 2.05) is 6.92 Å². The van der Waals surface area contributed by atoms with Crippen molar-refractivity contribution in [3.63, 3.8) is 0 Å². The summed E-state index contributed by atoms with van der Waals surface area (Å²) >= 11 is 7.42. The molecular formula is C25H15N5O6S3. The van der Waals surface area contributed by atoms with Gasteiger partial charge in [0.15, 0.2) is 9.45 Å². The van der Waals surface area contributed by atoms with Gasteiger partial charge in [-0.1, -0.05) is 35.5 Å². The topological polar surface area (TPSA) is 149 Å². The number of hydrogen-bond donors (Lipinski definition) is 1. The first kappa shape index (κ1) is 26.1. The van der Waals surface area contributed by atoms with Crippen LogP contribution in [0.1, 0.15) is 11.1 Å². The minimum absolute atomic E-state index is 0.0649. The number of thiazole rings is 1. The summed E-state index contributed by atoms with van der Waals surface area (Å²) < 4.78 is 1.04. The van der Waals surface area contributed by atoms with Gasteiger partial charge in [0, 0.05) is 18.2 Å². The fourth-order valence-corrected chi connectivity index (χ4v) is 6.17. The van der Waals surface area contributed by atoms with Crippen LogP contribution < -0.4 is 10.2 Å². The highest BCUT2D eigenvalue weighted by Gasteiger charge is 2.34. The predicted molar refractivity (Wildman–Crippen MR) is 151 cm³/mol. The summed E-state index contributed by atoms with van der Waals surface area (Å²) in [4.78, 5) is 53.6. The molecule has 0 spiro atoms. The van der Waals surface area contributed by atoms with Crippen molar-refractivity contribution in [3.05, 3.63) is 97.6 Å². The monoisotopic (exact) mass is 577 g/mol. The lowest BCUT2D eigenvalue weighted by Gasteiger charge is -2.29. The molecule has 1 aliphatic rings. The van der Waals surface area contributed by atoms with Gasteiger partial charge in [0.25, 0.3) is 23.2 Å². The van der Waals surface area contributed by atoms with Crippen LogP contribution in [0.15, 0.2) is 75.5 Å². The predicted octanol–water partition coefficient (Wildman–Crippen LogP) is 5.40. The average Bonchev–Trinajstić information content (AvgIpc) is 3.29. The van der Waals surface area contributed by atoms with Gasteiger partial charge in [-0.2, -0.15) is 0 Å². The SMILES string of the molecule is Cc1ccc(N2C(=O)/C(=C/c3ccc(Sc4nc5ccc([N+](=O)[O-])cc5s4)c([N+](=O)[O-])c3)C(=O)NC2=S)cc1. The van der Waals surface area contributed by atoms with Crippen LogP contribution in [0.3, 0.4) is 0 Å². The first-order valence-corrected chi connectivity index (χ1v) is 13.1. The molecule has 0 aliphatic carbocycles. The lowest BCUT2D eigenvalue weighted by molar-refractivity contribution is -0.387. The number of hydrogen-bond acceptors (Lipinski definition) is 10. The van der Waals surface area contributed by atoms with Crippen molar-refractivity contribution in [2.45, 2.75) is 16.2 Å². The molecule has 0 radical (unpaired) electrons. The van der Waals surface area contributed by atoms with Gasteiger partial charge in [0.05, 0.1) is 30.6 Å². The van der Waals surface area contributed by atoms with Crippen molar-refractivity contribution in [3.8, 4) is 0 Å². The number of thiocarbonyl (C=S) groups is 1. The molecule has 2 amide bonds. The van der Waals surface area contributed by atoms with E-state index in [1.165, 1.54) is 52.6 Å². The lowest BCUT2D eigenvalue weighted by Crippen LogP contribution is -2.54. The van der Waals surface area contributed by atoms with Crippen LogP contribution in [0, 0.1) is 27.2 Å². The zero-order chi connectivity index (χ0) is 27.8. The third-order valence-electron chi connectivity index (χ3n) is 5.65. The second kappa shape index (κ2) is 10.3. The van der Waals surface area contributed by atoms with Gasteiger partial charge in [-0.15, -0.1) is 11.3 Å². The number of nitrogens with one attached hydrogen (secondary N) is 1. The summed E-state index contributed by atoms with van der Waals surface area (Å²) in [6.07, 6.45) is 1.28. The minimum Gasteiger partial charge on any atom is -0.298 e. The van der Waals surface area contributed by atoms with E-state index < -0.39 is 21.7 Å². The molecule has 0 saturated carbocycles. The average molecular weight is 578 g/mol. The number of aromatic nitrogens is 1. The summed E-state index contributed by atoms with van der Waals surface area (Å²) in [5, 5.41) is 25.4. The number of amides is 2. The van der Waals surface area contributed by atoms with Gasteiger partial charge in [-0.05, 0) is 55.0 Å². The summed E-state index contributed by atoms with van der Waals surface area (Å²) in [5.41, 5.74) is 1.69. The number of aryl methyl sites for hydroxylation is 1. The highest BCUT2D eigenvalue weighted by Crippen LogP contribution is 2.40. The van der Waals surface area contributed by atoms with Gasteiger partial charge in [-0.3, -0.25) is 40.0 Å². The van der Waals surface area contributed by atoms with E-state index in [4.69, 9.17) is 12.2 Å². The van der Waals surface area contributed by atoms with Crippen molar-refractivity contribution >= 4 is 85.6 Å². The molecule has 14 heteroatoms. The Bertz CT molecular complexity index is 1750. The highest BCUT2D eigenvalue weighted by molar-refractivity contribution is 8.01. The Morgan fingerprint density at radius 3 is 2.46 bits per heavy atom. The van der Waals surface area contributed by atoms with Gasteiger partial charge in [-0.25, -0.2) is 4.98 Å². The third-order valence-corrected chi connectivity index (χ3v) is 8.07. The largest absolute Gasteiger partial charge is 0.298 e. The van der Waals surface area contributed by atoms with Crippen LogP contribution in [0.25, 0.3) is 16.3 Å². The molecule has 1 N–H and O–H groups in total. The Labute approximate surface area is 233 Å². The quantitative estimate of drug-likeness (QED) is 0.104. The smallest absolute Gasteiger partial charge is 0.283 e. The molecule has 0 atom stereocenters. The van der Waals surface area contributed by atoms with E-state index in [9.17, 15) is 29.8 Å². The van der Waals surface area contributed by atoms with E-state index >= 15 is 0 Å². The molecule has 1 saturated heterocycles. The Balaban J connectivity index is 1.46. The second-order valence-corrected chi connectivity index (χ2v) is 11.0. The third kappa shape index (κ3) is 5.25. The first-order chi connectivity index (χ1) is 18.6. The molecule has 3 aromatic carbocycles. The van der Waals surface area contributed by atoms with Gasteiger partial charge >= 0.3 is 0 Å². The standard InChI is InChI=1S/C25H15N5O6S3/c1-13-2-5-15(6-3-13)28-23(32)17(22(31)27-24(28)37)10-14-4-9-20(19(11-14)30(35)36)38-25-26-18-8-7-16(29(33)34)12-21(18)39-25/h2-12H,1H3,(H,27,31,37)/b17-10+. The fourth-order valence-electron chi connectivity index (χ4n) is 3.75. The molecule has 0 unspecified atom stereocenters. The maximum absolute atomic E-state index is 13.2. The fraction of sp³-hybridized carbons (Fsp3) is 0.0400. The van der Waals surface area contributed by atoms with Crippen LogP contribution in [0.5, 0.6) is 0 Å². The van der Waals surface area contributed by atoms with Crippen molar-refractivity contribution in [1.82, 2.24) is 10.3 Å². The Kier molecular flexibility index (Phi) is 6.91. The van der Waals surface area contributed by atoms with Gasteiger partial charge in [0.2, 0.25) is 0 Å². The van der Waals surface area contributed by atoms with E-state index in [2.05, 4.69) is 10.3 Å². The van der Waals surface area contributed by atoms with Crippen LogP contribution >= 0.6 is 35.3 Å². The van der Waals surface area contributed by atoms with Crippen molar-refractivity contribution in [1.29, 1.82) is 0 Å². The Morgan fingerprint density at radius 1 is 1.03 bits per heavy atom. The number of rotatable bonds is 6. The summed E-state index contributed by atoms with van der Waals surface area (Å²) in [6.45, 7) is 1.89. The van der Waals surface area contributed by atoms with Crippen LogP contribution in [0.2, 0.25) is 0 Å². The van der Waals surface area contributed by atoms with Crippen molar-refractivity contribution < 1.29 is 19.4 Å². The molecule has 5 rings (SSSR count). The van der Waals surface area contributed by atoms with E-state index in [0.29, 0.717) is 20.2 Å². The zero-order valence-corrected chi connectivity index (χ0v) is 22.3. The molecular weight excluding hydrogens is 563 g/mol. The number of anilines is 1. The first-order valence-electron chi connectivity index (χ1n) is 11.1. The molecule has 39 heavy (non-hydrogen) atoms. The number of non-ortho nitro benzene ring substituents is 1. The molecule has 11 nitrogen and oxygen atoms in total. The molecule has 194 valence electrons. The van der Waals surface area contributed by atoms with Crippen LogP contribution in [-0.4, -0.2) is 31.8 Å². The molecule has 2 heterocycles. The summed E-state index contributed by atoms with van der Waals surface area (Å²) in [5.74, 6) is -1.37. The molecule has 1 aromatic heterocycles. The maximum atomic E-state index is 13.2. The normalized spacial score (nSPS) is 14.6. The summed E-state index contributed by atoms with van der Waals surface area (Å²) in [7, 11) is 0. The van der Waals surface area contributed by atoms with Crippen LogP contribution in [-0.2, 0) is 9.59 Å². The Hall–Kier alpha value is -4.53. The highest BCUT2D eigenvalue weighted by atomic mass is 32.2. The molecule has 0 bridgehead atoms. The number of fused-ring (bicyclic) bond motifs is 1. The van der Waals surface area contributed by atoms with E-state index in [0.717, 1.165) is 17.3 Å². The second-order valence-electron chi connectivity index (χ2n) is 8.27.